The summed E-state index contributed by atoms with van der Waals surface area (Å²) in [6.07, 6.45) is 2.34. The van der Waals surface area contributed by atoms with Crippen molar-refractivity contribution in [2.75, 3.05) is 30.9 Å². The molecule has 0 atom stereocenters. The Bertz CT molecular complexity index is 642. The van der Waals surface area contributed by atoms with Crippen molar-refractivity contribution in [2.45, 2.75) is 18.9 Å². The highest BCUT2D eigenvalue weighted by atomic mass is 16.5. The van der Waals surface area contributed by atoms with Crippen LogP contribution in [0, 0.1) is 0 Å². The van der Waals surface area contributed by atoms with Gasteiger partial charge in [0.1, 0.15) is 0 Å². The molecule has 0 saturated heterocycles. The van der Waals surface area contributed by atoms with Crippen molar-refractivity contribution in [1.29, 1.82) is 0 Å². The van der Waals surface area contributed by atoms with Gasteiger partial charge in [-0.15, -0.1) is 0 Å². The molecule has 0 bridgehead atoms. The third-order valence-corrected chi connectivity index (χ3v) is 3.40. The maximum absolute atomic E-state index is 11.2. The number of rotatable bonds is 5. The first-order valence-electron chi connectivity index (χ1n) is 6.37. The molecule has 102 valence electrons. The van der Waals surface area contributed by atoms with Gasteiger partial charge in [0.15, 0.2) is 5.58 Å². The van der Waals surface area contributed by atoms with Crippen molar-refractivity contribution in [3.8, 4) is 0 Å². The number of anilines is 2. The predicted molar refractivity (Wildman–Crippen MR) is 73.5 cm³/mol. The van der Waals surface area contributed by atoms with Gasteiger partial charge in [0.2, 0.25) is 0 Å². The van der Waals surface area contributed by atoms with Gasteiger partial charge in [0.25, 0.3) is 0 Å². The van der Waals surface area contributed by atoms with E-state index in [1.165, 1.54) is 12.8 Å². The van der Waals surface area contributed by atoms with Gasteiger partial charge < -0.3 is 19.8 Å². The highest BCUT2D eigenvalue weighted by Crippen LogP contribution is 2.36. The average molecular weight is 263 g/mol. The van der Waals surface area contributed by atoms with Crippen LogP contribution in [0.3, 0.4) is 0 Å². The van der Waals surface area contributed by atoms with E-state index >= 15 is 0 Å². The van der Waals surface area contributed by atoms with E-state index in [2.05, 4.69) is 9.88 Å². The topological polar surface area (TPSA) is 84.5 Å². The number of fused-ring (bicyclic) bond motifs is 1. The van der Waals surface area contributed by atoms with Crippen molar-refractivity contribution >= 4 is 22.5 Å². The van der Waals surface area contributed by atoms with E-state index in [0.717, 1.165) is 12.2 Å². The summed E-state index contributed by atoms with van der Waals surface area (Å²) in [5.74, 6) is -0.457. The number of H-pyrrole nitrogens is 1. The fraction of sp³-hybridized carbons (Fsp3) is 0.462. The van der Waals surface area contributed by atoms with E-state index in [0.29, 0.717) is 29.4 Å². The lowest BCUT2D eigenvalue weighted by molar-refractivity contribution is 0.205. The van der Waals surface area contributed by atoms with Crippen LogP contribution < -0.4 is 16.4 Å². The summed E-state index contributed by atoms with van der Waals surface area (Å²) in [5.41, 5.74) is 8.81. The number of nitrogens with zero attached hydrogens (tertiary/aromatic N) is 1. The molecule has 1 aromatic heterocycles. The van der Waals surface area contributed by atoms with Crippen LogP contribution in [-0.2, 0) is 4.74 Å². The SMILES string of the molecule is COCCN(c1cc2[nH]c(=O)oc2cc1N)C1CC1. The molecule has 1 aliphatic rings. The molecule has 6 nitrogen and oxygen atoms in total. The summed E-state index contributed by atoms with van der Waals surface area (Å²) < 4.78 is 10.2. The van der Waals surface area contributed by atoms with Gasteiger partial charge in [-0.05, 0) is 18.9 Å². The van der Waals surface area contributed by atoms with Crippen molar-refractivity contribution < 1.29 is 9.15 Å². The largest absolute Gasteiger partial charge is 0.417 e. The quantitative estimate of drug-likeness (QED) is 0.795. The second-order valence-electron chi connectivity index (χ2n) is 4.84. The molecule has 1 aromatic carbocycles. The maximum atomic E-state index is 11.2. The molecule has 0 spiro atoms. The van der Waals surface area contributed by atoms with E-state index in [4.69, 9.17) is 14.9 Å². The van der Waals surface area contributed by atoms with Crippen molar-refractivity contribution in [1.82, 2.24) is 4.98 Å². The summed E-state index contributed by atoms with van der Waals surface area (Å²) in [7, 11) is 1.69. The van der Waals surface area contributed by atoms with Gasteiger partial charge in [-0.25, -0.2) is 4.79 Å². The molecule has 0 unspecified atom stereocenters. The third-order valence-electron chi connectivity index (χ3n) is 3.40. The van der Waals surface area contributed by atoms with Crippen LogP contribution in [0.25, 0.3) is 11.1 Å². The number of benzene rings is 1. The van der Waals surface area contributed by atoms with E-state index in [-0.39, 0.29) is 0 Å². The van der Waals surface area contributed by atoms with Crippen LogP contribution in [-0.4, -0.2) is 31.3 Å². The van der Waals surface area contributed by atoms with Crippen molar-refractivity contribution in [3.63, 3.8) is 0 Å². The van der Waals surface area contributed by atoms with Crippen molar-refractivity contribution in [3.05, 3.63) is 22.7 Å². The molecule has 1 heterocycles. The van der Waals surface area contributed by atoms with Crippen LogP contribution in [0.5, 0.6) is 0 Å². The Balaban J connectivity index is 2.00. The van der Waals surface area contributed by atoms with Crippen LogP contribution in [0.2, 0.25) is 0 Å². The number of aromatic nitrogens is 1. The molecular formula is C13H17N3O3. The van der Waals surface area contributed by atoms with Crippen molar-refractivity contribution in [2.24, 2.45) is 0 Å². The third kappa shape index (κ3) is 2.31. The molecule has 3 N–H and O–H groups in total. The fourth-order valence-corrected chi connectivity index (χ4v) is 2.33. The number of ether oxygens (including phenoxy) is 1. The fourth-order valence-electron chi connectivity index (χ4n) is 2.33. The molecule has 19 heavy (non-hydrogen) atoms. The second-order valence-corrected chi connectivity index (χ2v) is 4.84. The average Bonchev–Trinajstić information content (AvgIpc) is 3.13. The molecule has 2 aromatic rings. The van der Waals surface area contributed by atoms with Gasteiger partial charge in [-0.3, -0.25) is 4.98 Å². The molecule has 0 amide bonds. The molecule has 1 aliphatic carbocycles. The summed E-state index contributed by atoms with van der Waals surface area (Å²) >= 11 is 0. The van der Waals surface area contributed by atoms with Crippen LogP contribution >= 0.6 is 0 Å². The van der Waals surface area contributed by atoms with E-state index < -0.39 is 5.76 Å². The summed E-state index contributed by atoms with van der Waals surface area (Å²) in [6.45, 7) is 1.44. The molecule has 3 rings (SSSR count). The second kappa shape index (κ2) is 4.62. The number of methoxy groups -OCH3 is 1. The molecule has 1 saturated carbocycles. The number of nitrogen functional groups attached to an aromatic ring is 1. The van der Waals surface area contributed by atoms with E-state index in [9.17, 15) is 4.79 Å². The standard InChI is InChI=1S/C13H17N3O3/c1-18-5-4-16(8-2-3-8)11-7-10-12(6-9(11)14)19-13(17)15-10/h6-8H,2-5,14H2,1H3,(H,15,17). The first-order valence-corrected chi connectivity index (χ1v) is 6.37. The van der Waals surface area contributed by atoms with Gasteiger partial charge >= 0.3 is 5.76 Å². The normalized spacial score (nSPS) is 15.0. The Morgan fingerprint density at radius 2 is 2.32 bits per heavy atom. The van der Waals surface area contributed by atoms with E-state index in [1.54, 1.807) is 13.2 Å². The monoisotopic (exact) mass is 263 g/mol. The summed E-state index contributed by atoms with van der Waals surface area (Å²) in [5, 5.41) is 0. The lowest BCUT2D eigenvalue weighted by Gasteiger charge is -2.25. The number of oxazole rings is 1. The molecule has 1 fully saturated rings. The first kappa shape index (κ1) is 12.1. The number of nitrogens with one attached hydrogen (secondary N) is 1. The van der Waals surface area contributed by atoms with Crippen LogP contribution in [0.4, 0.5) is 11.4 Å². The molecular weight excluding hydrogens is 246 g/mol. The predicted octanol–water partition coefficient (Wildman–Crippen LogP) is 1.32. The van der Waals surface area contributed by atoms with Crippen LogP contribution in [0.1, 0.15) is 12.8 Å². The van der Waals surface area contributed by atoms with Crippen LogP contribution in [0.15, 0.2) is 21.3 Å². The van der Waals surface area contributed by atoms with E-state index in [1.807, 2.05) is 6.07 Å². The minimum absolute atomic E-state index is 0.457. The zero-order chi connectivity index (χ0) is 13.4. The zero-order valence-electron chi connectivity index (χ0n) is 10.8. The maximum Gasteiger partial charge on any atom is 0.417 e. The summed E-state index contributed by atoms with van der Waals surface area (Å²) in [6, 6.07) is 4.10. The molecule has 0 radical (unpaired) electrons. The Hall–Kier alpha value is -1.95. The Kier molecular flexibility index (Phi) is 2.94. The molecule has 6 heteroatoms. The smallest absolute Gasteiger partial charge is 0.408 e. The summed E-state index contributed by atoms with van der Waals surface area (Å²) in [4.78, 5) is 16.1. The number of hydrogen-bond donors (Lipinski definition) is 2. The van der Waals surface area contributed by atoms with Gasteiger partial charge in [-0.2, -0.15) is 0 Å². The minimum atomic E-state index is -0.457. The Morgan fingerprint density at radius 3 is 3.00 bits per heavy atom. The number of aromatic amines is 1. The number of hydrogen-bond acceptors (Lipinski definition) is 5. The Labute approximate surface area is 110 Å². The van der Waals surface area contributed by atoms with Gasteiger partial charge in [-0.1, -0.05) is 0 Å². The Morgan fingerprint density at radius 1 is 1.53 bits per heavy atom. The highest BCUT2D eigenvalue weighted by Gasteiger charge is 2.30. The van der Waals surface area contributed by atoms with Gasteiger partial charge in [0, 0.05) is 25.8 Å². The highest BCUT2D eigenvalue weighted by molar-refractivity contribution is 5.85. The molecule has 0 aliphatic heterocycles. The number of nitrogens with two attached hydrogens (primary N) is 1. The minimum Gasteiger partial charge on any atom is -0.408 e. The first-order chi connectivity index (χ1) is 9.19. The lowest BCUT2D eigenvalue weighted by Crippen LogP contribution is -2.30. The lowest BCUT2D eigenvalue weighted by atomic mass is 10.2. The van der Waals surface area contributed by atoms with Gasteiger partial charge in [0.05, 0.1) is 23.5 Å². The zero-order valence-corrected chi connectivity index (χ0v) is 10.8.